The maximum Gasteiger partial charge on any atom is 0.130 e. The van der Waals surface area contributed by atoms with Crippen molar-refractivity contribution in [1.29, 1.82) is 5.26 Å². The molecule has 76 valence electrons. The number of allylic oxidation sites excluding steroid dienone is 4. The van der Waals surface area contributed by atoms with Gasteiger partial charge in [0.25, 0.3) is 0 Å². The number of nitriles is 1. The first kappa shape index (κ1) is 11.2. The summed E-state index contributed by atoms with van der Waals surface area (Å²) in [5, 5.41) is 8.73. The van der Waals surface area contributed by atoms with Gasteiger partial charge in [0.15, 0.2) is 0 Å². The molecule has 0 fully saturated rings. The van der Waals surface area contributed by atoms with Gasteiger partial charge in [-0.15, -0.1) is 0 Å². The van der Waals surface area contributed by atoms with E-state index in [4.69, 9.17) is 5.26 Å². The molecule has 1 aromatic rings. The molecule has 0 bridgehead atoms. The molecule has 0 N–H and O–H groups in total. The van der Waals surface area contributed by atoms with Gasteiger partial charge in [0.2, 0.25) is 0 Å². The first-order valence-corrected chi connectivity index (χ1v) is 4.68. The molecule has 0 saturated heterocycles. The summed E-state index contributed by atoms with van der Waals surface area (Å²) in [4.78, 5) is 0. The van der Waals surface area contributed by atoms with E-state index in [0.717, 1.165) is 5.57 Å². The summed E-state index contributed by atoms with van der Waals surface area (Å²) in [5.74, 6) is -0.264. The second-order valence-electron chi connectivity index (χ2n) is 3.16. The van der Waals surface area contributed by atoms with Gasteiger partial charge < -0.3 is 0 Å². The summed E-state index contributed by atoms with van der Waals surface area (Å²) in [6.07, 6.45) is 3.38. The van der Waals surface area contributed by atoms with Crippen LogP contribution in [0, 0.1) is 17.1 Å². The van der Waals surface area contributed by atoms with Gasteiger partial charge in [0.05, 0.1) is 6.07 Å². The molecule has 0 aromatic heterocycles. The number of benzene rings is 1. The highest BCUT2D eigenvalue weighted by Crippen LogP contribution is 2.18. The zero-order valence-electron chi connectivity index (χ0n) is 8.79. The summed E-state index contributed by atoms with van der Waals surface area (Å²) in [6, 6.07) is 8.57. The van der Waals surface area contributed by atoms with Crippen LogP contribution in [0.2, 0.25) is 0 Å². The lowest BCUT2D eigenvalue weighted by molar-refractivity contribution is 0.624. The van der Waals surface area contributed by atoms with Gasteiger partial charge in [-0.3, -0.25) is 0 Å². The van der Waals surface area contributed by atoms with Crippen molar-refractivity contribution < 1.29 is 4.39 Å². The Balaban J connectivity index is 3.11. The molecule has 0 saturated carbocycles. The van der Waals surface area contributed by atoms with Crippen molar-refractivity contribution in [3.05, 3.63) is 53.4 Å². The van der Waals surface area contributed by atoms with Crippen LogP contribution >= 0.6 is 0 Å². The average molecular weight is 201 g/mol. The van der Waals surface area contributed by atoms with Gasteiger partial charge in [-0.2, -0.15) is 5.26 Å². The lowest BCUT2D eigenvalue weighted by Gasteiger charge is -2.02. The Morgan fingerprint density at radius 1 is 1.40 bits per heavy atom. The summed E-state index contributed by atoms with van der Waals surface area (Å²) in [7, 11) is 0. The van der Waals surface area contributed by atoms with Crippen molar-refractivity contribution in [3.63, 3.8) is 0 Å². The maximum absolute atomic E-state index is 13.4. The third-order valence-electron chi connectivity index (χ3n) is 2.11. The fourth-order valence-corrected chi connectivity index (χ4v) is 1.27. The van der Waals surface area contributed by atoms with E-state index in [0.29, 0.717) is 11.1 Å². The molecular weight excluding hydrogens is 189 g/mol. The van der Waals surface area contributed by atoms with E-state index in [-0.39, 0.29) is 5.82 Å². The van der Waals surface area contributed by atoms with E-state index in [1.807, 2.05) is 6.07 Å². The smallest absolute Gasteiger partial charge is 0.130 e. The van der Waals surface area contributed by atoms with Crippen LogP contribution in [0.4, 0.5) is 4.39 Å². The van der Waals surface area contributed by atoms with Crippen LogP contribution in [0.25, 0.3) is 5.57 Å². The van der Waals surface area contributed by atoms with Crippen molar-refractivity contribution in [3.8, 4) is 6.07 Å². The van der Waals surface area contributed by atoms with Gasteiger partial charge in [-0.25, -0.2) is 4.39 Å². The molecule has 0 aliphatic carbocycles. The standard InChI is InChI=1S/C13H12FN/c1-3-11(9-15)8-10(2)12-6-4-5-7-13(12)14/h3-8H,1-2H3/b10-8+,11-3+. The minimum absolute atomic E-state index is 0.264. The molecule has 0 aliphatic heterocycles. The van der Waals surface area contributed by atoms with E-state index >= 15 is 0 Å². The Morgan fingerprint density at radius 2 is 2.07 bits per heavy atom. The largest absolute Gasteiger partial charge is 0.206 e. The normalized spacial score (nSPS) is 12.4. The molecule has 15 heavy (non-hydrogen) atoms. The monoisotopic (exact) mass is 201 g/mol. The zero-order valence-corrected chi connectivity index (χ0v) is 8.79. The Hall–Kier alpha value is -1.88. The maximum atomic E-state index is 13.4. The van der Waals surface area contributed by atoms with Gasteiger partial charge in [-0.05, 0) is 31.6 Å². The molecule has 0 heterocycles. The highest BCUT2D eigenvalue weighted by Gasteiger charge is 2.02. The third kappa shape index (κ3) is 2.78. The molecule has 1 rings (SSSR count). The van der Waals surface area contributed by atoms with Crippen LogP contribution in [0.3, 0.4) is 0 Å². The van der Waals surface area contributed by atoms with Crippen LogP contribution in [0.5, 0.6) is 0 Å². The molecule has 0 radical (unpaired) electrons. The Morgan fingerprint density at radius 3 is 2.60 bits per heavy atom. The quantitative estimate of drug-likeness (QED) is 0.528. The van der Waals surface area contributed by atoms with Crippen LogP contribution in [-0.4, -0.2) is 0 Å². The lowest BCUT2D eigenvalue weighted by atomic mass is 10.0. The van der Waals surface area contributed by atoms with Crippen molar-refractivity contribution >= 4 is 5.57 Å². The van der Waals surface area contributed by atoms with E-state index < -0.39 is 0 Å². The first-order valence-electron chi connectivity index (χ1n) is 4.68. The average Bonchev–Trinajstić information content (AvgIpc) is 2.26. The molecule has 2 heteroatoms. The van der Waals surface area contributed by atoms with Crippen LogP contribution in [0.15, 0.2) is 42.0 Å². The van der Waals surface area contributed by atoms with Crippen molar-refractivity contribution in [2.75, 3.05) is 0 Å². The first-order chi connectivity index (χ1) is 7.19. The Kier molecular flexibility index (Phi) is 3.82. The Bertz CT molecular complexity index is 450. The number of hydrogen-bond acceptors (Lipinski definition) is 1. The van der Waals surface area contributed by atoms with Crippen LogP contribution in [0.1, 0.15) is 19.4 Å². The van der Waals surface area contributed by atoms with Gasteiger partial charge in [0, 0.05) is 11.1 Å². The SMILES string of the molecule is C/C=C(C#N)\C=C(/C)c1ccccc1F. The summed E-state index contributed by atoms with van der Waals surface area (Å²) in [6.45, 7) is 3.57. The van der Waals surface area contributed by atoms with E-state index in [2.05, 4.69) is 0 Å². The second kappa shape index (κ2) is 5.11. The molecule has 0 spiro atoms. The fraction of sp³-hybridized carbons (Fsp3) is 0.154. The topological polar surface area (TPSA) is 23.8 Å². The van der Waals surface area contributed by atoms with Crippen LogP contribution < -0.4 is 0 Å². The lowest BCUT2D eigenvalue weighted by Crippen LogP contribution is -1.86. The number of rotatable bonds is 2. The minimum atomic E-state index is -0.264. The van der Waals surface area contributed by atoms with Crippen molar-refractivity contribution in [1.82, 2.24) is 0 Å². The predicted octanol–water partition coefficient (Wildman–Crippen LogP) is 3.70. The summed E-state index contributed by atoms with van der Waals surface area (Å²) < 4.78 is 13.4. The number of halogens is 1. The van der Waals surface area contributed by atoms with Crippen molar-refractivity contribution in [2.24, 2.45) is 0 Å². The molecule has 0 atom stereocenters. The third-order valence-corrected chi connectivity index (χ3v) is 2.11. The predicted molar refractivity (Wildman–Crippen MR) is 59.4 cm³/mol. The highest BCUT2D eigenvalue weighted by atomic mass is 19.1. The molecule has 1 aromatic carbocycles. The molecule has 0 amide bonds. The van der Waals surface area contributed by atoms with Gasteiger partial charge >= 0.3 is 0 Å². The molecule has 0 aliphatic rings. The van der Waals surface area contributed by atoms with E-state index in [9.17, 15) is 4.39 Å². The number of nitrogens with zero attached hydrogens (tertiary/aromatic N) is 1. The van der Waals surface area contributed by atoms with E-state index in [1.54, 1.807) is 44.2 Å². The van der Waals surface area contributed by atoms with Gasteiger partial charge in [-0.1, -0.05) is 24.3 Å². The summed E-state index contributed by atoms with van der Waals surface area (Å²) in [5.41, 5.74) is 1.82. The van der Waals surface area contributed by atoms with Crippen molar-refractivity contribution in [2.45, 2.75) is 13.8 Å². The molecular formula is C13H12FN. The van der Waals surface area contributed by atoms with E-state index in [1.165, 1.54) is 6.07 Å². The Labute approximate surface area is 89.2 Å². The van der Waals surface area contributed by atoms with Gasteiger partial charge in [0.1, 0.15) is 5.82 Å². The molecule has 0 unspecified atom stereocenters. The number of hydrogen-bond donors (Lipinski definition) is 0. The molecule has 1 nitrogen and oxygen atoms in total. The minimum Gasteiger partial charge on any atom is -0.206 e. The highest BCUT2D eigenvalue weighted by molar-refractivity contribution is 5.68. The second-order valence-corrected chi connectivity index (χ2v) is 3.16. The fourth-order valence-electron chi connectivity index (χ4n) is 1.27. The van der Waals surface area contributed by atoms with Crippen LogP contribution in [-0.2, 0) is 0 Å². The summed E-state index contributed by atoms with van der Waals surface area (Å²) >= 11 is 0. The zero-order chi connectivity index (χ0) is 11.3.